The van der Waals surface area contributed by atoms with Gasteiger partial charge in [-0.2, -0.15) is 0 Å². The third-order valence-corrected chi connectivity index (χ3v) is 5.97. The number of aromatic amines is 1. The molecule has 1 aromatic carbocycles. The van der Waals surface area contributed by atoms with Crippen molar-refractivity contribution in [3.8, 4) is 0 Å². The highest BCUT2D eigenvalue weighted by Gasteiger charge is 2.54. The molecule has 2 aliphatic rings. The van der Waals surface area contributed by atoms with Gasteiger partial charge in [-0.05, 0) is 37.1 Å². The van der Waals surface area contributed by atoms with Crippen LogP contribution in [0.25, 0.3) is 10.9 Å². The molecule has 6 nitrogen and oxygen atoms in total. The van der Waals surface area contributed by atoms with Crippen molar-refractivity contribution in [2.24, 2.45) is 5.92 Å². The first kappa shape index (κ1) is 16.5. The number of hydrogen-bond donors (Lipinski definition) is 3. The summed E-state index contributed by atoms with van der Waals surface area (Å²) in [4.78, 5) is 23.1. The Morgan fingerprint density at radius 1 is 1.11 bits per heavy atom. The number of nitrogens with zero attached hydrogens (tertiary/aromatic N) is 2. The number of benzene rings is 1. The van der Waals surface area contributed by atoms with Crippen LogP contribution in [0.2, 0.25) is 0 Å². The molecule has 2 aromatic heterocycles. The van der Waals surface area contributed by atoms with Crippen LogP contribution in [0.5, 0.6) is 0 Å². The highest BCUT2D eigenvalue weighted by molar-refractivity contribution is 5.86. The molecule has 138 valence electrons. The van der Waals surface area contributed by atoms with Gasteiger partial charge in [0.2, 0.25) is 5.91 Å². The lowest BCUT2D eigenvalue weighted by Gasteiger charge is -2.29. The standard InChI is InChI=1S/C21H23N5O/c1-13-18-19(25-24-13)21(27)26(20(18)17-8-4-5-10-22-17)11-9-14-12-23-16-7-3-2-6-15(14)16/h2-8,10,12-13,18-20,23-25H,9,11H2,1H3. The van der Waals surface area contributed by atoms with Crippen molar-refractivity contribution >= 4 is 16.8 Å². The molecule has 1 amide bonds. The molecule has 0 spiro atoms. The van der Waals surface area contributed by atoms with Gasteiger partial charge in [0.25, 0.3) is 0 Å². The number of fused-ring (bicyclic) bond motifs is 2. The van der Waals surface area contributed by atoms with Gasteiger partial charge in [0.05, 0.1) is 11.7 Å². The van der Waals surface area contributed by atoms with Crippen molar-refractivity contribution in [1.82, 2.24) is 25.7 Å². The van der Waals surface area contributed by atoms with Crippen molar-refractivity contribution in [1.29, 1.82) is 0 Å². The van der Waals surface area contributed by atoms with E-state index < -0.39 is 0 Å². The summed E-state index contributed by atoms with van der Waals surface area (Å²) < 4.78 is 0. The van der Waals surface area contributed by atoms with Crippen molar-refractivity contribution < 1.29 is 4.79 Å². The Bertz CT molecular complexity index is 969. The second-order valence-electron chi connectivity index (χ2n) is 7.47. The average Bonchev–Trinajstić information content (AvgIpc) is 3.36. The number of hydrogen-bond acceptors (Lipinski definition) is 4. The van der Waals surface area contributed by atoms with Crippen LogP contribution in [0.15, 0.2) is 54.9 Å². The third-order valence-electron chi connectivity index (χ3n) is 5.97. The van der Waals surface area contributed by atoms with E-state index in [0.717, 1.165) is 17.6 Å². The van der Waals surface area contributed by atoms with E-state index in [1.807, 2.05) is 35.4 Å². The molecule has 27 heavy (non-hydrogen) atoms. The lowest BCUT2D eigenvalue weighted by molar-refractivity contribution is -0.130. The molecule has 5 rings (SSSR count). The second kappa shape index (κ2) is 6.48. The minimum absolute atomic E-state index is 0.00796. The lowest BCUT2D eigenvalue weighted by Crippen LogP contribution is -2.43. The average molecular weight is 361 g/mol. The van der Waals surface area contributed by atoms with Crippen molar-refractivity contribution in [2.75, 3.05) is 6.54 Å². The largest absolute Gasteiger partial charge is 0.361 e. The molecular weight excluding hydrogens is 338 g/mol. The maximum Gasteiger partial charge on any atom is 0.242 e. The topological polar surface area (TPSA) is 73.0 Å². The van der Waals surface area contributed by atoms with Gasteiger partial charge in [-0.3, -0.25) is 15.2 Å². The second-order valence-corrected chi connectivity index (χ2v) is 7.47. The summed E-state index contributed by atoms with van der Waals surface area (Å²) in [5.74, 6) is 0.336. The quantitative estimate of drug-likeness (QED) is 0.666. The summed E-state index contributed by atoms with van der Waals surface area (Å²) in [5.41, 5.74) is 9.78. The predicted octanol–water partition coefficient (Wildman–Crippen LogP) is 2.17. The van der Waals surface area contributed by atoms with E-state index in [0.29, 0.717) is 6.54 Å². The first-order chi connectivity index (χ1) is 13.2. The molecule has 2 saturated heterocycles. The fraction of sp³-hybridized carbons (Fsp3) is 0.333. The molecule has 4 atom stereocenters. The molecule has 3 aromatic rings. The number of carbonyl (C=O) groups is 1. The number of H-pyrrole nitrogens is 1. The van der Waals surface area contributed by atoms with E-state index in [-0.39, 0.29) is 30.0 Å². The molecule has 0 radical (unpaired) electrons. The molecule has 6 heteroatoms. The zero-order chi connectivity index (χ0) is 18.4. The molecule has 2 aliphatic heterocycles. The Kier molecular flexibility index (Phi) is 3.95. The van der Waals surface area contributed by atoms with E-state index >= 15 is 0 Å². The van der Waals surface area contributed by atoms with Gasteiger partial charge < -0.3 is 9.88 Å². The van der Waals surface area contributed by atoms with Gasteiger partial charge in [-0.1, -0.05) is 24.3 Å². The normalized spacial score (nSPS) is 27.4. The molecule has 4 heterocycles. The van der Waals surface area contributed by atoms with Crippen LogP contribution < -0.4 is 10.9 Å². The smallest absolute Gasteiger partial charge is 0.242 e. The van der Waals surface area contributed by atoms with Crippen LogP contribution >= 0.6 is 0 Å². The van der Waals surface area contributed by atoms with Crippen LogP contribution in [0, 0.1) is 5.92 Å². The zero-order valence-corrected chi connectivity index (χ0v) is 15.2. The minimum Gasteiger partial charge on any atom is -0.361 e. The fourth-order valence-electron chi connectivity index (χ4n) is 4.64. The lowest BCUT2D eigenvalue weighted by atomic mass is 9.89. The Hall–Kier alpha value is -2.70. The number of hydrazine groups is 1. The fourth-order valence-corrected chi connectivity index (χ4v) is 4.64. The third kappa shape index (κ3) is 2.64. The number of rotatable bonds is 4. The van der Waals surface area contributed by atoms with Crippen LogP contribution in [-0.2, 0) is 11.2 Å². The number of likely N-dealkylation sites (tertiary alicyclic amines) is 1. The minimum atomic E-state index is -0.185. The van der Waals surface area contributed by atoms with Crippen molar-refractivity contribution in [2.45, 2.75) is 31.5 Å². The van der Waals surface area contributed by atoms with E-state index in [2.05, 4.69) is 52.1 Å². The van der Waals surface area contributed by atoms with Gasteiger partial charge in [0.15, 0.2) is 0 Å². The maximum atomic E-state index is 13.1. The monoisotopic (exact) mass is 361 g/mol. The highest BCUT2D eigenvalue weighted by atomic mass is 16.2. The Balaban J connectivity index is 1.45. The van der Waals surface area contributed by atoms with Crippen molar-refractivity contribution in [3.63, 3.8) is 0 Å². The van der Waals surface area contributed by atoms with Gasteiger partial charge in [0.1, 0.15) is 6.04 Å². The molecule has 0 aliphatic carbocycles. The van der Waals surface area contributed by atoms with Crippen LogP contribution in [-0.4, -0.2) is 39.4 Å². The Labute approximate surface area is 157 Å². The number of para-hydroxylation sites is 1. The number of nitrogens with one attached hydrogen (secondary N) is 3. The number of carbonyl (C=O) groups excluding carboxylic acids is 1. The molecular formula is C21H23N5O. The van der Waals surface area contributed by atoms with Crippen LogP contribution in [0.1, 0.15) is 24.2 Å². The number of pyridine rings is 1. The SMILES string of the molecule is CC1NNC2C(=O)N(CCc3c[nH]c4ccccc34)C(c3ccccn3)C12. The molecule has 4 unspecified atom stereocenters. The molecule has 3 N–H and O–H groups in total. The van der Waals surface area contributed by atoms with Gasteiger partial charge >= 0.3 is 0 Å². The summed E-state index contributed by atoms with van der Waals surface area (Å²) in [6.07, 6.45) is 4.69. The summed E-state index contributed by atoms with van der Waals surface area (Å²) in [6.45, 7) is 2.81. The summed E-state index contributed by atoms with van der Waals surface area (Å²) in [6, 6.07) is 14.3. The van der Waals surface area contributed by atoms with E-state index in [1.165, 1.54) is 10.9 Å². The highest BCUT2D eigenvalue weighted by Crippen LogP contribution is 2.41. The van der Waals surface area contributed by atoms with Crippen molar-refractivity contribution in [3.05, 3.63) is 66.1 Å². The van der Waals surface area contributed by atoms with Gasteiger partial charge in [-0.25, -0.2) is 5.43 Å². The number of amides is 1. The first-order valence-corrected chi connectivity index (χ1v) is 9.51. The summed E-state index contributed by atoms with van der Waals surface area (Å²) in [5, 5.41) is 1.23. The molecule has 0 saturated carbocycles. The Morgan fingerprint density at radius 2 is 1.96 bits per heavy atom. The number of aromatic nitrogens is 2. The molecule has 2 fully saturated rings. The molecule has 0 bridgehead atoms. The summed E-state index contributed by atoms with van der Waals surface area (Å²) >= 11 is 0. The van der Waals surface area contributed by atoms with E-state index in [4.69, 9.17) is 0 Å². The van der Waals surface area contributed by atoms with Crippen LogP contribution in [0.3, 0.4) is 0 Å². The van der Waals surface area contributed by atoms with Crippen LogP contribution in [0.4, 0.5) is 0 Å². The zero-order valence-electron chi connectivity index (χ0n) is 15.2. The van der Waals surface area contributed by atoms with E-state index in [1.54, 1.807) is 0 Å². The Morgan fingerprint density at radius 3 is 2.81 bits per heavy atom. The van der Waals surface area contributed by atoms with E-state index in [9.17, 15) is 4.79 Å². The maximum absolute atomic E-state index is 13.1. The first-order valence-electron chi connectivity index (χ1n) is 9.51. The van der Waals surface area contributed by atoms with Gasteiger partial charge in [0, 0.05) is 41.8 Å². The predicted molar refractivity (Wildman–Crippen MR) is 104 cm³/mol. The van der Waals surface area contributed by atoms with Gasteiger partial charge in [-0.15, -0.1) is 0 Å². The summed E-state index contributed by atoms with van der Waals surface area (Å²) in [7, 11) is 0.